The molecule has 2 aromatic rings. The monoisotopic (exact) mass is 337 g/mol. The second-order valence-corrected chi connectivity index (χ2v) is 8.62. The third-order valence-corrected chi connectivity index (χ3v) is 5.15. The lowest BCUT2D eigenvalue weighted by molar-refractivity contribution is 0.606. The Kier molecular flexibility index (Phi) is 4.10. The van der Waals surface area contributed by atoms with Crippen LogP contribution in [0.15, 0.2) is 24.4 Å². The van der Waals surface area contributed by atoms with Gasteiger partial charge in [0.2, 0.25) is 10.0 Å². The van der Waals surface area contributed by atoms with Gasteiger partial charge in [0, 0.05) is 23.3 Å². The molecule has 0 aliphatic carbocycles. The van der Waals surface area contributed by atoms with Crippen molar-refractivity contribution < 1.29 is 8.42 Å². The van der Waals surface area contributed by atoms with Crippen LogP contribution in [0.2, 0.25) is 0 Å². The maximum Gasteiger partial charge on any atom is 0.229 e. The lowest BCUT2D eigenvalue weighted by atomic mass is 10.00. The normalized spacial score (nSPS) is 14.7. The van der Waals surface area contributed by atoms with Crippen molar-refractivity contribution in [3.63, 3.8) is 0 Å². The molecule has 0 spiro atoms. The van der Waals surface area contributed by atoms with E-state index >= 15 is 0 Å². The van der Waals surface area contributed by atoms with Crippen molar-refractivity contribution in [3.05, 3.63) is 39.8 Å². The van der Waals surface area contributed by atoms with Crippen molar-refractivity contribution in [2.24, 2.45) is 0 Å². The number of hydrogen-bond donors (Lipinski definition) is 1. The highest BCUT2D eigenvalue weighted by Crippen LogP contribution is 2.34. The summed E-state index contributed by atoms with van der Waals surface area (Å²) in [5.74, 6) is 0. The first-order chi connectivity index (χ1) is 10.4. The molecule has 118 valence electrons. The number of hydrogen-bond acceptors (Lipinski definition) is 5. The van der Waals surface area contributed by atoms with Crippen molar-refractivity contribution in [3.8, 4) is 0 Å². The summed E-state index contributed by atoms with van der Waals surface area (Å²) in [5.41, 5.74) is 2.90. The Morgan fingerprint density at radius 2 is 2.23 bits per heavy atom. The first-order valence-corrected chi connectivity index (χ1v) is 9.89. The topological polar surface area (TPSA) is 62.3 Å². The molecule has 5 nitrogen and oxygen atoms in total. The number of sulfonamides is 1. The number of thiazole rings is 1. The maximum absolute atomic E-state index is 11.5. The highest BCUT2D eigenvalue weighted by atomic mass is 32.2. The van der Waals surface area contributed by atoms with E-state index in [1.807, 2.05) is 25.3 Å². The molecule has 0 saturated heterocycles. The van der Waals surface area contributed by atoms with Gasteiger partial charge in [-0.25, -0.2) is 13.4 Å². The van der Waals surface area contributed by atoms with Gasteiger partial charge in [-0.2, -0.15) is 0 Å². The number of rotatable bonds is 4. The lowest BCUT2D eigenvalue weighted by Crippen LogP contribution is -2.29. The number of fused-ring (bicyclic) bond motifs is 1. The van der Waals surface area contributed by atoms with Gasteiger partial charge in [-0.15, -0.1) is 11.3 Å². The molecule has 0 fully saturated rings. The zero-order valence-corrected chi connectivity index (χ0v) is 14.3. The van der Waals surface area contributed by atoms with Gasteiger partial charge in [-0.05, 0) is 37.5 Å². The second-order valence-electron chi connectivity index (χ2n) is 5.55. The van der Waals surface area contributed by atoms with Crippen LogP contribution in [0.25, 0.3) is 0 Å². The molecule has 0 unspecified atom stereocenters. The van der Waals surface area contributed by atoms with Crippen LogP contribution in [0.1, 0.15) is 21.9 Å². The lowest BCUT2D eigenvalue weighted by Gasteiger charge is -2.32. The van der Waals surface area contributed by atoms with Gasteiger partial charge < -0.3 is 4.90 Å². The predicted octanol–water partition coefficient (Wildman–Crippen LogP) is 2.78. The van der Waals surface area contributed by atoms with Gasteiger partial charge in [-0.3, -0.25) is 4.72 Å². The molecule has 2 heterocycles. The Labute approximate surface area is 135 Å². The molecule has 1 aliphatic heterocycles. The quantitative estimate of drug-likeness (QED) is 0.932. The van der Waals surface area contributed by atoms with Crippen molar-refractivity contribution in [2.75, 3.05) is 22.4 Å². The second kappa shape index (κ2) is 5.89. The minimum absolute atomic E-state index is 0.699. The summed E-state index contributed by atoms with van der Waals surface area (Å²) in [6.45, 7) is 3.81. The van der Waals surface area contributed by atoms with Crippen molar-refractivity contribution in [1.82, 2.24) is 4.98 Å². The number of aryl methyl sites for hydroxylation is 1. The summed E-state index contributed by atoms with van der Waals surface area (Å²) in [7, 11) is -3.26. The molecule has 0 bridgehead atoms. The average molecular weight is 337 g/mol. The fraction of sp³-hybridized carbons (Fsp3) is 0.400. The first kappa shape index (κ1) is 15.3. The molecule has 22 heavy (non-hydrogen) atoms. The minimum Gasteiger partial charge on any atom is -0.366 e. The summed E-state index contributed by atoms with van der Waals surface area (Å²) in [4.78, 5) is 7.84. The van der Waals surface area contributed by atoms with Gasteiger partial charge in [0.25, 0.3) is 0 Å². The summed E-state index contributed by atoms with van der Waals surface area (Å²) < 4.78 is 25.7. The van der Waals surface area contributed by atoms with Crippen LogP contribution in [-0.4, -0.2) is 26.2 Å². The van der Waals surface area contributed by atoms with Crippen LogP contribution in [-0.2, 0) is 23.0 Å². The van der Waals surface area contributed by atoms with E-state index in [2.05, 4.69) is 20.7 Å². The molecule has 1 aliphatic rings. The van der Waals surface area contributed by atoms with Gasteiger partial charge >= 0.3 is 0 Å². The van der Waals surface area contributed by atoms with E-state index in [4.69, 9.17) is 0 Å². The highest BCUT2D eigenvalue weighted by Gasteiger charge is 2.21. The largest absolute Gasteiger partial charge is 0.366 e. The van der Waals surface area contributed by atoms with Gasteiger partial charge in [0.05, 0.1) is 23.5 Å². The molecule has 1 aromatic heterocycles. The number of anilines is 2. The van der Waals surface area contributed by atoms with E-state index in [0.717, 1.165) is 42.2 Å². The van der Waals surface area contributed by atoms with Gasteiger partial charge in [0.1, 0.15) is 0 Å². The third kappa shape index (κ3) is 3.41. The summed E-state index contributed by atoms with van der Waals surface area (Å²) in [5, 5.41) is 1.07. The van der Waals surface area contributed by atoms with E-state index in [-0.39, 0.29) is 0 Å². The van der Waals surface area contributed by atoms with E-state index < -0.39 is 10.0 Å². The van der Waals surface area contributed by atoms with Crippen LogP contribution >= 0.6 is 11.3 Å². The molecule has 0 atom stereocenters. The van der Waals surface area contributed by atoms with Gasteiger partial charge in [0.15, 0.2) is 0 Å². The van der Waals surface area contributed by atoms with Crippen molar-refractivity contribution in [1.29, 1.82) is 0 Å². The molecular formula is C15H19N3O2S2. The Morgan fingerprint density at radius 1 is 1.41 bits per heavy atom. The molecule has 0 saturated carbocycles. The predicted molar refractivity (Wildman–Crippen MR) is 91.1 cm³/mol. The number of aromatic nitrogens is 1. The van der Waals surface area contributed by atoms with Crippen molar-refractivity contribution in [2.45, 2.75) is 26.3 Å². The zero-order valence-electron chi connectivity index (χ0n) is 12.7. The van der Waals surface area contributed by atoms with Crippen LogP contribution in [0, 0.1) is 6.92 Å². The molecule has 1 N–H and O–H groups in total. The third-order valence-electron chi connectivity index (χ3n) is 3.66. The number of nitrogens with zero attached hydrogens (tertiary/aromatic N) is 2. The fourth-order valence-corrected chi connectivity index (χ4v) is 4.23. The molecule has 7 heteroatoms. The zero-order chi connectivity index (χ0) is 15.7. The fourth-order valence-electron chi connectivity index (χ4n) is 2.83. The minimum atomic E-state index is -3.26. The summed E-state index contributed by atoms with van der Waals surface area (Å²) >= 11 is 1.71. The highest BCUT2D eigenvalue weighted by molar-refractivity contribution is 7.92. The van der Waals surface area contributed by atoms with Crippen LogP contribution in [0.5, 0.6) is 0 Å². The van der Waals surface area contributed by atoms with Crippen molar-refractivity contribution >= 4 is 32.7 Å². The molecule has 3 rings (SSSR count). The molecule has 0 amide bonds. The Balaban J connectivity index is 1.91. The smallest absolute Gasteiger partial charge is 0.229 e. The van der Waals surface area contributed by atoms with E-state index in [1.165, 1.54) is 11.1 Å². The average Bonchev–Trinajstić information content (AvgIpc) is 2.84. The first-order valence-electron chi connectivity index (χ1n) is 7.18. The standard InChI is InChI=1S/C15H19N3O2S2/c1-11-16-9-12(21-11)10-18-8-4-5-13-14(17-22(2,19)20)6-3-7-15(13)18/h3,6-7,9,17H,4-5,8,10H2,1-2H3. The van der Waals surface area contributed by atoms with Crippen LogP contribution in [0.3, 0.4) is 0 Å². The maximum atomic E-state index is 11.5. The Morgan fingerprint density at radius 3 is 2.91 bits per heavy atom. The Bertz CT molecular complexity index is 784. The molecular weight excluding hydrogens is 318 g/mol. The Hall–Kier alpha value is -1.60. The number of benzene rings is 1. The summed E-state index contributed by atoms with van der Waals surface area (Å²) in [6, 6.07) is 5.80. The molecule has 1 aromatic carbocycles. The summed E-state index contributed by atoms with van der Waals surface area (Å²) in [6.07, 6.45) is 5.03. The van der Waals surface area contributed by atoms with E-state index in [0.29, 0.717) is 5.69 Å². The van der Waals surface area contributed by atoms with Gasteiger partial charge in [-0.1, -0.05) is 6.07 Å². The SMILES string of the molecule is Cc1ncc(CN2CCCc3c(NS(C)(=O)=O)cccc32)s1. The van der Waals surface area contributed by atoms with Crippen LogP contribution < -0.4 is 9.62 Å². The van der Waals surface area contributed by atoms with Crippen LogP contribution in [0.4, 0.5) is 11.4 Å². The number of nitrogens with one attached hydrogen (secondary N) is 1. The van der Waals surface area contributed by atoms with E-state index in [9.17, 15) is 8.42 Å². The van der Waals surface area contributed by atoms with E-state index in [1.54, 1.807) is 11.3 Å². The molecule has 0 radical (unpaired) electrons.